The molecular weight excluding hydrogens is 460 g/mol. The first-order chi connectivity index (χ1) is 16.0. The van der Waals surface area contributed by atoms with Crippen LogP contribution >= 0.6 is 11.3 Å². The van der Waals surface area contributed by atoms with Crippen molar-refractivity contribution in [1.29, 1.82) is 0 Å². The first-order valence-corrected chi connectivity index (χ1v) is 12.9. The molecule has 1 saturated heterocycles. The van der Waals surface area contributed by atoms with Gasteiger partial charge in [0.2, 0.25) is 15.2 Å². The van der Waals surface area contributed by atoms with Crippen LogP contribution in [0.2, 0.25) is 0 Å². The number of nitrogens with one attached hydrogen (secondary N) is 1. The van der Waals surface area contributed by atoms with Gasteiger partial charge in [-0.25, -0.2) is 13.4 Å². The summed E-state index contributed by atoms with van der Waals surface area (Å²) in [6.07, 6.45) is 4.59. The fraction of sp³-hybridized carbons (Fsp3) is 0.304. The summed E-state index contributed by atoms with van der Waals surface area (Å²) in [7, 11) is -0.258. The van der Waals surface area contributed by atoms with Gasteiger partial charge in [-0.1, -0.05) is 18.6 Å². The molecule has 0 aliphatic carbocycles. The van der Waals surface area contributed by atoms with Gasteiger partial charge in [0.05, 0.1) is 31.0 Å². The van der Waals surface area contributed by atoms with Crippen LogP contribution in [0.1, 0.15) is 24.8 Å². The quantitative estimate of drug-likeness (QED) is 0.374. The standard InChI is InChI=1S/C23H26N4O4S2/c1-30-21-11-6-17(14-22(21)31-2)15-24-26-23-25-20(16-32-23)18-7-9-19(10-8-18)33(28,29)27-12-4-3-5-13-27/h6-11,14-16H,3-5,12-13H2,1-2H3,(H,25,26)/b24-15+. The summed E-state index contributed by atoms with van der Waals surface area (Å²) >= 11 is 1.42. The third-order valence-electron chi connectivity index (χ3n) is 5.39. The first-order valence-electron chi connectivity index (χ1n) is 10.6. The van der Waals surface area contributed by atoms with Crippen LogP contribution in [0.3, 0.4) is 0 Å². The number of methoxy groups -OCH3 is 2. The first kappa shape index (κ1) is 23.2. The number of aromatic nitrogens is 1. The lowest BCUT2D eigenvalue weighted by molar-refractivity contribution is 0.346. The number of hydrogen-bond acceptors (Lipinski definition) is 8. The van der Waals surface area contributed by atoms with Gasteiger partial charge in [-0.15, -0.1) is 11.3 Å². The summed E-state index contributed by atoms with van der Waals surface area (Å²) in [4.78, 5) is 4.86. The molecule has 174 valence electrons. The van der Waals surface area contributed by atoms with Crippen molar-refractivity contribution in [3.63, 3.8) is 0 Å². The predicted octanol–water partition coefficient (Wildman–Crippen LogP) is 4.45. The van der Waals surface area contributed by atoms with Gasteiger partial charge < -0.3 is 9.47 Å². The second kappa shape index (κ2) is 10.3. The molecule has 1 aliphatic heterocycles. The summed E-state index contributed by atoms with van der Waals surface area (Å²) < 4.78 is 37.8. The van der Waals surface area contributed by atoms with Gasteiger partial charge in [0.25, 0.3) is 0 Å². The smallest absolute Gasteiger partial charge is 0.243 e. The van der Waals surface area contributed by atoms with Crippen LogP contribution in [-0.4, -0.2) is 51.2 Å². The number of hydrogen-bond donors (Lipinski definition) is 1. The minimum atomic E-state index is -3.44. The molecule has 8 nitrogen and oxygen atoms in total. The maximum atomic E-state index is 12.8. The van der Waals surface area contributed by atoms with E-state index < -0.39 is 10.0 Å². The second-order valence-electron chi connectivity index (χ2n) is 7.51. The molecule has 2 heterocycles. The molecule has 0 bridgehead atoms. The van der Waals surface area contributed by atoms with E-state index in [0.29, 0.717) is 34.6 Å². The Balaban J connectivity index is 1.41. The molecule has 1 aliphatic rings. The van der Waals surface area contributed by atoms with E-state index in [1.807, 2.05) is 23.6 Å². The van der Waals surface area contributed by atoms with Gasteiger partial charge >= 0.3 is 0 Å². The summed E-state index contributed by atoms with van der Waals surface area (Å²) in [5, 5.41) is 6.78. The van der Waals surface area contributed by atoms with E-state index in [1.165, 1.54) is 11.3 Å². The number of ether oxygens (including phenoxy) is 2. The Morgan fingerprint density at radius 3 is 2.45 bits per heavy atom. The number of rotatable bonds is 8. The van der Waals surface area contributed by atoms with E-state index in [0.717, 1.165) is 36.1 Å². The summed E-state index contributed by atoms with van der Waals surface area (Å²) in [6.45, 7) is 1.18. The van der Waals surface area contributed by atoms with Crippen molar-refractivity contribution in [2.24, 2.45) is 5.10 Å². The molecule has 0 atom stereocenters. The number of hydrazone groups is 1. The van der Waals surface area contributed by atoms with Crippen molar-refractivity contribution in [2.45, 2.75) is 24.2 Å². The second-order valence-corrected chi connectivity index (χ2v) is 10.3. The van der Waals surface area contributed by atoms with Crippen molar-refractivity contribution < 1.29 is 17.9 Å². The zero-order chi connectivity index (χ0) is 23.3. The number of piperidine rings is 1. The average Bonchev–Trinajstić information content (AvgIpc) is 3.33. The van der Waals surface area contributed by atoms with E-state index in [1.54, 1.807) is 49.0 Å². The average molecular weight is 487 g/mol. The van der Waals surface area contributed by atoms with Crippen molar-refractivity contribution >= 4 is 32.7 Å². The van der Waals surface area contributed by atoms with Gasteiger partial charge in [-0.2, -0.15) is 9.41 Å². The zero-order valence-corrected chi connectivity index (χ0v) is 20.2. The molecule has 1 N–H and O–H groups in total. The highest BCUT2D eigenvalue weighted by atomic mass is 32.2. The largest absolute Gasteiger partial charge is 0.493 e. The Morgan fingerprint density at radius 2 is 1.76 bits per heavy atom. The van der Waals surface area contributed by atoms with E-state index in [9.17, 15) is 8.42 Å². The highest BCUT2D eigenvalue weighted by Gasteiger charge is 2.25. The van der Waals surface area contributed by atoms with Crippen LogP contribution in [0.25, 0.3) is 11.3 Å². The lowest BCUT2D eigenvalue weighted by Crippen LogP contribution is -2.35. The Kier molecular flexibility index (Phi) is 7.26. The number of nitrogens with zero attached hydrogens (tertiary/aromatic N) is 3. The van der Waals surface area contributed by atoms with Crippen LogP contribution < -0.4 is 14.9 Å². The maximum Gasteiger partial charge on any atom is 0.243 e. The molecule has 0 unspecified atom stereocenters. The van der Waals surface area contributed by atoms with Gasteiger partial charge in [-0.3, -0.25) is 5.43 Å². The van der Waals surface area contributed by atoms with E-state index in [4.69, 9.17) is 9.47 Å². The predicted molar refractivity (Wildman–Crippen MR) is 131 cm³/mol. The Morgan fingerprint density at radius 1 is 1.03 bits per heavy atom. The Hall–Kier alpha value is -2.95. The fourth-order valence-electron chi connectivity index (χ4n) is 3.60. The maximum absolute atomic E-state index is 12.8. The molecule has 1 aromatic heterocycles. The van der Waals surface area contributed by atoms with Gasteiger partial charge in [-0.05, 0) is 48.7 Å². The normalized spacial score (nSPS) is 15.0. The molecule has 10 heteroatoms. The highest BCUT2D eigenvalue weighted by molar-refractivity contribution is 7.89. The van der Waals surface area contributed by atoms with Crippen LogP contribution in [0.15, 0.2) is 57.8 Å². The third-order valence-corrected chi connectivity index (χ3v) is 8.05. The van der Waals surface area contributed by atoms with Crippen molar-refractivity contribution in [3.8, 4) is 22.8 Å². The van der Waals surface area contributed by atoms with E-state index in [2.05, 4.69) is 15.5 Å². The topological polar surface area (TPSA) is 93.1 Å². The Bertz CT molecular complexity index is 1220. The number of benzene rings is 2. The van der Waals surface area contributed by atoms with Gasteiger partial charge in [0, 0.05) is 24.0 Å². The molecule has 33 heavy (non-hydrogen) atoms. The summed E-state index contributed by atoms with van der Waals surface area (Å²) in [5.74, 6) is 1.28. The molecule has 0 radical (unpaired) electrons. The molecule has 3 aromatic rings. The lowest BCUT2D eigenvalue weighted by atomic mass is 10.2. The SMILES string of the molecule is COc1ccc(/C=N/Nc2nc(-c3ccc(S(=O)(=O)N4CCCCC4)cc3)cs2)cc1OC. The van der Waals surface area contributed by atoms with Crippen LogP contribution in [0, 0.1) is 0 Å². The molecule has 0 saturated carbocycles. The van der Waals surface area contributed by atoms with Crippen LogP contribution in [0.5, 0.6) is 11.5 Å². The number of sulfonamides is 1. The summed E-state index contributed by atoms with van der Waals surface area (Å²) in [5.41, 5.74) is 5.38. The fourth-order valence-corrected chi connectivity index (χ4v) is 5.79. The van der Waals surface area contributed by atoms with Crippen LogP contribution in [-0.2, 0) is 10.0 Å². The highest BCUT2D eigenvalue weighted by Crippen LogP contribution is 2.28. The third kappa shape index (κ3) is 5.35. The van der Waals surface area contributed by atoms with Crippen molar-refractivity contribution in [2.75, 3.05) is 32.7 Å². The molecule has 0 spiro atoms. The molecule has 4 rings (SSSR count). The summed E-state index contributed by atoms with van der Waals surface area (Å²) in [6, 6.07) is 12.4. The van der Waals surface area contributed by atoms with E-state index >= 15 is 0 Å². The molecular formula is C23H26N4O4S2. The number of anilines is 1. The minimum absolute atomic E-state index is 0.321. The monoisotopic (exact) mass is 486 g/mol. The zero-order valence-electron chi connectivity index (χ0n) is 18.5. The molecule has 2 aromatic carbocycles. The van der Waals surface area contributed by atoms with Gasteiger partial charge in [0.15, 0.2) is 11.5 Å². The lowest BCUT2D eigenvalue weighted by Gasteiger charge is -2.25. The molecule has 0 amide bonds. The van der Waals surface area contributed by atoms with Crippen LogP contribution in [0.4, 0.5) is 5.13 Å². The van der Waals surface area contributed by atoms with E-state index in [-0.39, 0.29) is 0 Å². The number of thiazole rings is 1. The Labute approximate surface area is 197 Å². The minimum Gasteiger partial charge on any atom is -0.493 e. The van der Waals surface area contributed by atoms with Crippen molar-refractivity contribution in [3.05, 3.63) is 53.4 Å². The van der Waals surface area contributed by atoms with Crippen molar-refractivity contribution in [1.82, 2.24) is 9.29 Å². The van der Waals surface area contributed by atoms with Gasteiger partial charge in [0.1, 0.15) is 0 Å². The molecule has 1 fully saturated rings.